The van der Waals surface area contributed by atoms with Crippen LogP contribution >= 0.6 is 0 Å². The van der Waals surface area contributed by atoms with E-state index in [9.17, 15) is 4.79 Å². The number of amides is 1. The molecule has 1 aromatic rings. The molecule has 1 fully saturated rings. The fraction of sp³-hybridized carbons (Fsp3) is 0.583. The normalized spacial score (nSPS) is 19.5. The molecule has 0 bridgehead atoms. The van der Waals surface area contributed by atoms with Crippen molar-refractivity contribution in [2.75, 3.05) is 6.54 Å². The van der Waals surface area contributed by atoms with E-state index in [0.717, 1.165) is 6.54 Å². The van der Waals surface area contributed by atoms with Crippen molar-refractivity contribution in [2.24, 2.45) is 5.84 Å². The van der Waals surface area contributed by atoms with E-state index in [0.29, 0.717) is 17.9 Å². The van der Waals surface area contributed by atoms with Gasteiger partial charge in [0.25, 0.3) is 5.91 Å². The van der Waals surface area contributed by atoms with E-state index >= 15 is 0 Å². The summed E-state index contributed by atoms with van der Waals surface area (Å²) in [5.74, 6) is 5.52. The van der Waals surface area contributed by atoms with Gasteiger partial charge in [0, 0.05) is 5.54 Å². The molecule has 0 saturated carbocycles. The Morgan fingerprint density at radius 3 is 3.00 bits per heavy atom. The Bertz CT molecular complexity index is 412. The van der Waals surface area contributed by atoms with Crippen LogP contribution in [0.25, 0.3) is 0 Å². The number of nitrogens with two attached hydrogens (primary N) is 1. The monoisotopic (exact) mass is 237 g/mol. The Kier molecular flexibility index (Phi) is 3.22. The lowest BCUT2D eigenvalue weighted by molar-refractivity contribution is 0.0946. The largest absolute Gasteiger partial charge is 0.467 e. The van der Waals surface area contributed by atoms with Crippen molar-refractivity contribution >= 4 is 5.91 Å². The Morgan fingerprint density at radius 2 is 2.41 bits per heavy atom. The first kappa shape index (κ1) is 12.1. The van der Waals surface area contributed by atoms with Crippen LogP contribution in [0, 0.1) is 0 Å². The van der Waals surface area contributed by atoms with Crippen molar-refractivity contribution in [2.45, 2.75) is 38.8 Å². The van der Waals surface area contributed by atoms with Gasteiger partial charge >= 0.3 is 0 Å². The van der Waals surface area contributed by atoms with E-state index in [1.54, 1.807) is 6.07 Å². The van der Waals surface area contributed by atoms with E-state index in [1.165, 1.54) is 19.1 Å². The number of hydrogen-bond donors (Lipinski definition) is 2. The predicted molar refractivity (Wildman–Crippen MR) is 64.1 cm³/mol. The highest BCUT2D eigenvalue weighted by atomic mass is 16.3. The minimum atomic E-state index is -0.300. The average molecular weight is 237 g/mol. The highest BCUT2D eigenvalue weighted by Crippen LogP contribution is 2.30. The van der Waals surface area contributed by atoms with Gasteiger partial charge in [0.2, 0.25) is 0 Å². The molecule has 0 spiro atoms. The summed E-state index contributed by atoms with van der Waals surface area (Å²) >= 11 is 0. The van der Waals surface area contributed by atoms with Crippen LogP contribution in [0.5, 0.6) is 0 Å². The Morgan fingerprint density at radius 1 is 1.65 bits per heavy atom. The number of rotatable bonds is 3. The van der Waals surface area contributed by atoms with Crippen molar-refractivity contribution in [1.82, 2.24) is 10.3 Å². The van der Waals surface area contributed by atoms with Gasteiger partial charge in [-0.3, -0.25) is 15.1 Å². The maximum Gasteiger partial charge on any atom is 0.268 e. The van der Waals surface area contributed by atoms with Crippen LogP contribution in [-0.2, 0) is 6.54 Å². The zero-order valence-electron chi connectivity index (χ0n) is 10.3. The number of carbonyl (C=O) groups is 1. The van der Waals surface area contributed by atoms with Crippen LogP contribution in [0.1, 0.15) is 42.8 Å². The van der Waals surface area contributed by atoms with Crippen molar-refractivity contribution in [3.63, 3.8) is 0 Å². The SMILES string of the molecule is CC1(C)CCCN1Cc1occc1C(=O)NN. The maximum absolute atomic E-state index is 11.5. The van der Waals surface area contributed by atoms with Crippen LogP contribution in [0.2, 0.25) is 0 Å². The summed E-state index contributed by atoms with van der Waals surface area (Å²) in [5, 5.41) is 0. The highest BCUT2D eigenvalue weighted by molar-refractivity contribution is 5.94. The number of likely N-dealkylation sites (tertiary alicyclic amines) is 1. The third kappa shape index (κ3) is 2.35. The van der Waals surface area contributed by atoms with Crippen LogP contribution in [-0.4, -0.2) is 22.9 Å². The van der Waals surface area contributed by atoms with E-state index in [-0.39, 0.29) is 11.4 Å². The minimum Gasteiger partial charge on any atom is -0.467 e. The number of nitrogens with one attached hydrogen (secondary N) is 1. The van der Waals surface area contributed by atoms with Gasteiger partial charge in [-0.15, -0.1) is 0 Å². The van der Waals surface area contributed by atoms with Gasteiger partial charge in [0.05, 0.1) is 18.4 Å². The van der Waals surface area contributed by atoms with Crippen LogP contribution < -0.4 is 11.3 Å². The second-order valence-corrected chi connectivity index (χ2v) is 5.07. The molecule has 2 rings (SSSR count). The summed E-state index contributed by atoms with van der Waals surface area (Å²) in [5.41, 5.74) is 2.83. The summed E-state index contributed by atoms with van der Waals surface area (Å²) in [6, 6.07) is 1.65. The Balaban J connectivity index is 2.14. The fourth-order valence-electron chi connectivity index (χ4n) is 2.37. The molecule has 0 aromatic carbocycles. The third-order valence-corrected chi connectivity index (χ3v) is 3.53. The van der Waals surface area contributed by atoms with Gasteiger partial charge < -0.3 is 4.42 Å². The highest BCUT2D eigenvalue weighted by Gasteiger charge is 2.33. The molecule has 0 atom stereocenters. The number of nitrogens with zero attached hydrogens (tertiary/aromatic N) is 1. The van der Waals surface area contributed by atoms with E-state index < -0.39 is 0 Å². The minimum absolute atomic E-state index is 0.170. The molecule has 0 aliphatic carbocycles. The molecule has 5 nitrogen and oxygen atoms in total. The molecule has 1 aliphatic rings. The third-order valence-electron chi connectivity index (χ3n) is 3.53. The molecule has 1 saturated heterocycles. The molecule has 17 heavy (non-hydrogen) atoms. The number of carbonyl (C=O) groups excluding carboxylic acids is 1. The zero-order valence-corrected chi connectivity index (χ0v) is 10.3. The van der Waals surface area contributed by atoms with Gasteiger partial charge in [0.1, 0.15) is 5.76 Å². The van der Waals surface area contributed by atoms with E-state index in [2.05, 4.69) is 24.2 Å². The molecular formula is C12H19N3O2. The molecular weight excluding hydrogens is 218 g/mol. The molecule has 1 aromatic heterocycles. The zero-order chi connectivity index (χ0) is 12.5. The molecule has 0 unspecified atom stereocenters. The topological polar surface area (TPSA) is 71.5 Å². The molecule has 1 amide bonds. The average Bonchev–Trinajstić information content (AvgIpc) is 2.86. The smallest absolute Gasteiger partial charge is 0.268 e. The first-order valence-electron chi connectivity index (χ1n) is 5.87. The van der Waals surface area contributed by atoms with Crippen molar-refractivity contribution < 1.29 is 9.21 Å². The van der Waals surface area contributed by atoms with Crippen molar-refractivity contribution in [1.29, 1.82) is 0 Å². The quantitative estimate of drug-likeness (QED) is 0.471. The molecule has 2 heterocycles. The van der Waals surface area contributed by atoms with Crippen LogP contribution in [0.3, 0.4) is 0 Å². The summed E-state index contributed by atoms with van der Waals surface area (Å²) in [4.78, 5) is 13.8. The number of hydrogen-bond acceptors (Lipinski definition) is 4. The lowest BCUT2D eigenvalue weighted by Crippen LogP contribution is -2.38. The molecule has 94 valence electrons. The summed E-state index contributed by atoms with van der Waals surface area (Å²) in [6.07, 6.45) is 3.89. The Hall–Kier alpha value is -1.33. The van der Waals surface area contributed by atoms with Gasteiger partial charge in [-0.25, -0.2) is 5.84 Å². The first-order chi connectivity index (χ1) is 8.04. The molecule has 0 radical (unpaired) electrons. The number of hydrazine groups is 1. The Labute approximate surface area is 101 Å². The van der Waals surface area contributed by atoms with Gasteiger partial charge in [-0.1, -0.05) is 0 Å². The lowest BCUT2D eigenvalue weighted by Gasteiger charge is -2.30. The molecule has 1 aliphatic heterocycles. The number of furan rings is 1. The fourth-order valence-corrected chi connectivity index (χ4v) is 2.37. The second-order valence-electron chi connectivity index (χ2n) is 5.07. The number of nitrogen functional groups attached to an aromatic ring is 1. The predicted octanol–water partition coefficient (Wildman–Crippen LogP) is 1.26. The summed E-state index contributed by atoms with van der Waals surface area (Å²) in [7, 11) is 0. The van der Waals surface area contributed by atoms with Crippen molar-refractivity contribution in [3.8, 4) is 0 Å². The lowest BCUT2D eigenvalue weighted by atomic mass is 10.0. The van der Waals surface area contributed by atoms with Gasteiger partial charge in [-0.05, 0) is 39.3 Å². The van der Waals surface area contributed by atoms with E-state index in [4.69, 9.17) is 10.3 Å². The van der Waals surface area contributed by atoms with Crippen LogP contribution in [0.15, 0.2) is 16.7 Å². The summed E-state index contributed by atoms with van der Waals surface area (Å²) < 4.78 is 5.38. The van der Waals surface area contributed by atoms with Gasteiger partial charge in [-0.2, -0.15) is 0 Å². The first-order valence-corrected chi connectivity index (χ1v) is 5.87. The standard InChI is InChI=1S/C12H19N3O2/c1-12(2)5-3-6-15(12)8-10-9(4-7-17-10)11(16)14-13/h4,7H,3,5-6,8,13H2,1-2H3,(H,14,16). The second kappa shape index (κ2) is 4.50. The summed E-state index contributed by atoms with van der Waals surface area (Å²) in [6.45, 7) is 6.12. The van der Waals surface area contributed by atoms with Crippen molar-refractivity contribution in [3.05, 3.63) is 23.7 Å². The molecule has 5 heteroatoms. The van der Waals surface area contributed by atoms with E-state index in [1.807, 2.05) is 0 Å². The molecule has 3 N–H and O–H groups in total. The van der Waals surface area contributed by atoms with Gasteiger partial charge in [0.15, 0.2) is 0 Å². The maximum atomic E-state index is 11.5. The van der Waals surface area contributed by atoms with Crippen LogP contribution in [0.4, 0.5) is 0 Å².